The van der Waals surface area contributed by atoms with Gasteiger partial charge in [-0.25, -0.2) is 14.8 Å². The second-order valence-electron chi connectivity index (χ2n) is 4.51. The van der Waals surface area contributed by atoms with Crippen LogP contribution in [0.3, 0.4) is 0 Å². The van der Waals surface area contributed by atoms with Crippen LogP contribution in [0.4, 0.5) is 0 Å². The van der Waals surface area contributed by atoms with E-state index in [-0.39, 0.29) is 5.82 Å². The number of nitrogens with zero attached hydrogens (tertiary/aromatic N) is 2. The normalized spacial score (nSPS) is 10.3. The number of hydrogen-bond donors (Lipinski definition) is 0. The van der Waals surface area contributed by atoms with E-state index in [0.29, 0.717) is 0 Å². The maximum absolute atomic E-state index is 11.5. The summed E-state index contributed by atoms with van der Waals surface area (Å²) >= 11 is 0. The highest BCUT2D eigenvalue weighted by Crippen LogP contribution is 2.24. The Morgan fingerprint density at radius 3 is 2.47 bits per heavy atom. The van der Waals surface area contributed by atoms with Gasteiger partial charge in [0, 0.05) is 11.8 Å². The highest BCUT2D eigenvalue weighted by Gasteiger charge is 2.12. The number of aryl methyl sites for hydroxylation is 3. The fraction of sp³-hybridized carbons (Fsp3) is 0.267. The van der Waals surface area contributed by atoms with Crippen molar-refractivity contribution in [3.8, 4) is 11.3 Å². The van der Waals surface area contributed by atoms with E-state index in [2.05, 4.69) is 40.7 Å². The maximum atomic E-state index is 11.5. The minimum Gasteiger partial charge on any atom is -0.463 e. The van der Waals surface area contributed by atoms with Crippen LogP contribution in [0.5, 0.6) is 0 Å². The molecule has 0 fully saturated rings. The van der Waals surface area contributed by atoms with Crippen molar-refractivity contribution in [2.75, 3.05) is 7.11 Å². The predicted molar refractivity (Wildman–Crippen MR) is 73.0 cm³/mol. The molecule has 0 bridgehead atoms. The van der Waals surface area contributed by atoms with Gasteiger partial charge in [-0.2, -0.15) is 0 Å². The Kier molecular flexibility index (Phi) is 3.60. The SMILES string of the molecule is COC(=O)c1nccc(-c2cc(C)c(C)cc2C)n1. The zero-order valence-corrected chi connectivity index (χ0v) is 11.5. The van der Waals surface area contributed by atoms with Crippen molar-refractivity contribution in [2.45, 2.75) is 20.8 Å². The first kappa shape index (κ1) is 13.2. The average molecular weight is 256 g/mol. The lowest BCUT2D eigenvalue weighted by Crippen LogP contribution is -2.07. The topological polar surface area (TPSA) is 52.1 Å². The summed E-state index contributed by atoms with van der Waals surface area (Å²) in [6.07, 6.45) is 1.57. The number of aromatic nitrogens is 2. The Balaban J connectivity index is 2.53. The van der Waals surface area contributed by atoms with Crippen LogP contribution in [-0.2, 0) is 4.74 Å². The molecular formula is C15H16N2O2. The quantitative estimate of drug-likeness (QED) is 0.775. The number of carbonyl (C=O) groups is 1. The number of methoxy groups -OCH3 is 1. The summed E-state index contributed by atoms with van der Waals surface area (Å²) < 4.78 is 4.64. The monoisotopic (exact) mass is 256 g/mol. The lowest BCUT2D eigenvalue weighted by Gasteiger charge is -2.09. The van der Waals surface area contributed by atoms with Gasteiger partial charge in [-0.1, -0.05) is 6.07 Å². The molecule has 4 nitrogen and oxygen atoms in total. The van der Waals surface area contributed by atoms with E-state index in [1.165, 1.54) is 18.2 Å². The van der Waals surface area contributed by atoms with Crippen molar-refractivity contribution in [3.05, 3.63) is 46.9 Å². The summed E-state index contributed by atoms with van der Waals surface area (Å²) in [5.74, 6) is -0.444. The average Bonchev–Trinajstić information content (AvgIpc) is 2.42. The van der Waals surface area contributed by atoms with E-state index in [4.69, 9.17) is 0 Å². The Labute approximate surface area is 112 Å². The van der Waals surface area contributed by atoms with Crippen LogP contribution in [0, 0.1) is 20.8 Å². The Bertz CT molecular complexity index is 636. The number of benzene rings is 1. The zero-order chi connectivity index (χ0) is 14.0. The molecule has 0 spiro atoms. The fourth-order valence-electron chi connectivity index (χ4n) is 1.93. The first-order chi connectivity index (χ1) is 9.02. The molecule has 0 radical (unpaired) electrons. The first-order valence-electron chi connectivity index (χ1n) is 6.02. The summed E-state index contributed by atoms with van der Waals surface area (Å²) in [4.78, 5) is 19.6. The summed E-state index contributed by atoms with van der Waals surface area (Å²) in [6, 6.07) is 5.99. The van der Waals surface area contributed by atoms with Gasteiger partial charge < -0.3 is 4.74 Å². The van der Waals surface area contributed by atoms with Crippen LogP contribution < -0.4 is 0 Å². The van der Waals surface area contributed by atoms with Crippen molar-refractivity contribution in [3.63, 3.8) is 0 Å². The van der Waals surface area contributed by atoms with E-state index in [1.54, 1.807) is 12.3 Å². The largest absolute Gasteiger partial charge is 0.463 e. The molecule has 0 atom stereocenters. The molecule has 1 heterocycles. The molecule has 2 rings (SSSR count). The molecule has 0 aliphatic carbocycles. The second kappa shape index (κ2) is 5.18. The number of ether oxygens (including phenoxy) is 1. The lowest BCUT2D eigenvalue weighted by atomic mass is 9.99. The van der Waals surface area contributed by atoms with Gasteiger partial charge in [-0.3, -0.25) is 0 Å². The molecule has 0 aliphatic heterocycles. The third-order valence-corrected chi connectivity index (χ3v) is 3.14. The summed E-state index contributed by atoms with van der Waals surface area (Å²) in [5.41, 5.74) is 5.30. The van der Waals surface area contributed by atoms with Gasteiger partial charge in [0.2, 0.25) is 5.82 Å². The van der Waals surface area contributed by atoms with Gasteiger partial charge in [0.15, 0.2) is 0 Å². The number of esters is 1. The van der Waals surface area contributed by atoms with Crippen LogP contribution in [-0.4, -0.2) is 23.0 Å². The van der Waals surface area contributed by atoms with Gasteiger partial charge in [0.25, 0.3) is 0 Å². The first-order valence-corrected chi connectivity index (χ1v) is 6.02. The molecule has 0 unspecified atom stereocenters. The molecule has 0 amide bonds. The van der Waals surface area contributed by atoms with Gasteiger partial charge in [0.05, 0.1) is 12.8 Å². The highest BCUT2D eigenvalue weighted by molar-refractivity contribution is 5.85. The number of rotatable bonds is 2. The highest BCUT2D eigenvalue weighted by atomic mass is 16.5. The van der Waals surface area contributed by atoms with Crippen LogP contribution in [0.2, 0.25) is 0 Å². The van der Waals surface area contributed by atoms with E-state index >= 15 is 0 Å². The van der Waals surface area contributed by atoms with Gasteiger partial charge in [0.1, 0.15) is 0 Å². The molecule has 0 saturated carbocycles. The molecule has 0 aliphatic rings. The Hall–Kier alpha value is -2.23. The number of carbonyl (C=O) groups excluding carboxylic acids is 1. The summed E-state index contributed by atoms with van der Waals surface area (Å²) in [6.45, 7) is 6.16. The van der Waals surface area contributed by atoms with Crippen molar-refractivity contribution >= 4 is 5.97 Å². The minimum absolute atomic E-state index is 0.0811. The predicted octanol–water partition coefficient (Wildman–Crippen LogP) is 2.86. The van der Waals surface area contributed by atoms with Crippen molar-refractivity contribution in [1.82, 2.24) is 9.97 Å². The zero-order valence-electron chi connectivity index (χ0n) is 11.5. The van der Waals surface area contributed by atoms with Crippen LogP contribution in [0.1, 0.15) is 27.3 Å². The van der Waals surface area contributed by atoms with Crippen LogP contribution >= 0.6 is 0 Å². The second-order valence-corrected chi connectivity index (χ2v) is 4.51. The molecule has 0 N–H and O–H groups in total. The van der Waals surface area contributed by atoms with Crippen LogP contribution in [0.25, 0.3) is 11.3 Å². The summed E-state index contributed by atoms with van der Waals surface area (Å²) in [7, 11) is 1.32. The molecule has 19 heavy (non-hydrogen) atoms. The summed E-state index contributed by atoms with van der Waals surface area (Å²) in [5, 5.41) is 0. The lowest BCUT2D eigenvalue weighted by molar-refractivity contribution is 0.0587. The molecule has 98 valence electrons. The van der Waals surface area contributed by atoms with E-state index in [0.717, 1.165) is 16.8 Å². The standard InChI is InChI=1S/C15H16N2O2/c1-9-7-11(3)12(8-10(9)2)13-5-6-16-14(17-13)15(18)19-4/h5-8H,1-4H3. The maximum Gasteiger partial charge on any atom is 0.376 e. The van der Waals surface area contributed by atoms with Gasteiger partial charge >= 0.3 is 5.97 Å². The Morgan fingerprint density at radius 1 is 1.11 bits per heavy atom. The molecule has 1 aromatic carbocycles. The molecule has 0 saturated heterocycles. The van der Waals surface area contributed by atoms with E-state index in [1.807, 2.05) is 6.92 Å². The smallest absolute Gasteiger partial charge is 0.376 e. The Morgan fingerprint density at radius 2 is 1.79 bits per heavy atom. The third kappa shape index (κ3) is 2.62. The van der Waals surface area contributed by atoms with Gasteiger partial charge in [-0.15, -0.1) is 0 Å². The molecular weight excluding hydrogens is 240 g/mol. The van der Waals surface area contributed by atoms with Crippen molar-refractivity contribution in [1.29, 1.82) is 0 Å². The van der Waals surface area contributed by atoms with E-state index < -0.39 is 5.97 Å². The van der Waals surface area contributed by atoms with Crippen molar-refractivity contribution < 1.29 is 9.53 Å². The minimum atomic E-state index is -0.525. The van der Waals surface area contributed by atoms with Crippen LogP contribution in [0.15, 0.2) is 24.4 Å². The van der Waals surface area contributed by atoms with Gasteiger partial charge in [-0.05, 0) is 49.6 Å². The third-order valence-electron chi connectivity index (χ3n) is 3.14. The fourth-order valence-corrected chi connectivity index (χ4v) is 1.93. The van der Waals surface area contributed by atoms with E-state index in [9.17, 15) is 4.79 Å². The molecule has 2 aromatic rings. The number of hydrogen-bond acceptors (Lipinski definition) is 4. The molecule has 1 aromatic heterocycles. The van der Waals surface area contributed by atoms with Crippen molar-refractivity contribution in [2.24, 2.45) is 0 Å². The molecule has 4 heteroatoms.